The van der Waals surface area contributed by atoms with Crippen molar-refractivity contribution in [2.45, 2.75) is 26.3 Å². The predicted octanol–water partition coefficient (Wildman–Crippen LogP) is 3.52. The zero-order chi connectivity index (χ0) is 11.5. The third kappa shape index (κ3) is 2.06. The van der Waals surface area contributed by atoms with Crippen LogP contribution >= 0.6 is 11.3 Å². The number of hydrogen-bond donors (Lipinski definition) is 1. The standard InChI is InChI=1S/C13H17NOS/c1-4-12-11(5-6-15-12)13(14-3)10-7-9(2)16-8-10/h5-8,13-14H,4H2,1-3H3. The molecule has 0 saturated carbocycles. The van der Waals surface area contributed by atoms with E-state index in [0.29, 0.717) is 0 Å². The Bertz CT molecular complexity index is 458. The van der Waals surface area contributed by atoms with Gasteiger partial charge in [-0.3, -0.25) is 0 Å². The number of hydrogen-bond acceptors (Lipinski definition) is 3. The molecular weight excluding hydrogens is 218 g/mol. The largest absolute Gasteiger partial charge is 0.469 e. The van der Waals surface area contributed by atoms with E-state index in [1.807, 2.05) is 7.05 Å². The highest BCUT2D eigenvalue weighted by atomic mass is 32.1. The summed E-state index contributed by atoms with van der Waals surface area (Å²) in [5, 5.41) is 5.57. The van der Waals surface area contributed by atoms with Gasteiger partial charge in [0.2, 0.25) is 0 Å². The Balaban J connectivity index is 2.36. The van der Waals surface area contributed by atoms with Gasteiger partial charge in [0.05, 0.1) is 12.3 Å². The molecule has 0 radical (unpaired) electrons. The molecule has 1 N–H and O–H groups in total. The van der Waals surface area contributed by atoms with Crippen LogP contribution in [0.3, 0.4) is 0 Å². The smallest absolute Gasteiger partial charge is 0.108 e. The lowest BCUT2D eigenvalue weighted by Crippen LogP contribution is -2.17. The van der Waals surface area contributed by atoms with Crippen molar-refractivity contribution >= 4 is 11.3 Å². The molecule has 0 aliphatic carbocycles. The van der Waals surface area contributed by atoms with Gasteiger partial charge in [-0.05, 0) is 37.0 Å². The first kappa shape index (κ1) is 11.4. The van der Waals surface area contributed by atoms with Crippen molar-refractivity contribution in [1.29, 1.82) is 0 Å². The number of aryl methyl sites for hydroxylation is 2. The molecular formula is C13H17NOS. The molecule has 1 atom stereocenters. The molecule has 2 aromatic rings. The van der Waals surface area contributed by atoms with Crippen LogP contribution in [0.15, 0.2) is 28.2 Å². The van der Waals surface area contributed by atoms with Crippen LogP contribution in [-0.2, 0) is 6.42 Å². The van der Waals surface area contributed by atoms with Gasteiger partial charge in [0, 0.05) is 16.9 Å². The summed E-state index contributed by atoms with van der Waals surface area (Å²) in [7, 11) is 1.99. The van der Waals surface area contributed by atoms with Crippen molar-refractivity contribution in [3.63, 3.8) is 0 Å². The van der Waals surface area contributed by atoms with Gasteiger partial charge >= 0.3 is 0 Å². The maximum atomic E-state index is 5.49. The Hall–Kier alpha value is -1.06. The third-order valence-corrected chi connectivity index (χ3v) is 3.66. The van der Waals surface area contributed by atoms with Gasteiger partial charge < -0.3 is 9.73 Å². The number of nitrogens with one attached hydrogen (secondary N) is 1. The lowest BCUT2D eigenvalue weighted by atomic mass is 10.0. The van der Waals surface area contributed by atoms with Crippen LogP contribution in [0, 0.1) is 6.92 Å². The average Bonchev–Trinajstić information content (AvgIpc) is 2.89. The monoisotopic (exact) mass is 235 g/mol. The van der Waals surface area contributed by atoms with Gasteiger partial charge in [-0.15, -0.1) is 11.3 Å². The molecule has 2 heterocycles. The van der Waals surface area contributed by atoms with Gasteiger partial charge in [0.15, 0.2) is 0 Å². The second kappa shape index (κ2) is 4.85. The highest BCUT2D eigenvalue weighted by molar-refractivity contribution is 7.10. The molecule has 1 unspecified atom stereocenters. The number of thiophene rings is 1. The van der Waals surface area contributed by atoms with E-state index in [4.69, 9.17) is 4.42 Å². The molecule has 2 rings (SSSR count). The van der Waals surface area contributed by atoms with Crippen molar-refractivity contribution in [3.8, 4) is 0 Å². The Morgan fingerprint density at radius 2 is 2.31 bits per heavy atom. The summed E-state index contributed by atoms with van der Waals surface area (Å²) >= 11 is 1.79. The normalized spacial score (nSPS) is 12.9. The summed E-state index contributed by atoms with van der Waals surface area (Å²) in [6.45, 7) is 4.25. The highest BCUT2D eigenvalue weighted by Gasteiger charge is 2.18. The van der Waals surface area contributed by atoms with E-state index in [1.54, 1.807) is 17.6 Å². The van der Waals surface area contributed by atoms with Gasteiger partial charge in [0.1, 0.15) is 5.76 Å². The predicted molar refractivity (Wildman–Crippen MR) is 68.0 cm³/mol. The number of furan rings is 1. The van der Waals surface area contributed by atoms with E-state index < -0.39 is 0 Å². The molecule has 0 fully saturated rings. The van der Waals surface area contributed by atoms with E-state index in [2.05, 4.69) is 36.7 Å². The molecule has 3 heteroatoms. The summed E-state index contributed by atoms with van der Waals surface area (Å²) in [5.74, 6) is 1.07. The van der Waals surface area contributed by atoms with Crippen molar-refractivity contribution in [3.05, 3.63) is 45.5 Å². The molecule has 2 nitrogen and oxygen atoms in total. The van der Waals surface area contributed by atoms with Crippen molar-refractivity contribution in [2.75, 3.05) is 7.05 Å². The quantitative estimate of drug-likeness (QED) is 0.877. The van der Waals surface area contributed by atoms with Gasteiger partial charge in [0.25, 0.3) is 0 Å². The van der Waals surface area contributed by atoms with E-state index in [1.165, 1.54) is 16.0 Å². The minimum absolute atomic E-state index is 0.249. The molecule has 0 aliphatic heterocycles. The highest BCUT2D eigenvalue weighted by Crippen LogP contribution is 2.29. The molecule has 0 aromatic carbocycles. The third-order valence-electron chi connectivity index (χ3n) is 2.78. The minimum atomic E-state index is 0.249. The fraction of sp³-hybridized carbons (Fsp3) is 0.385. The van der Waals surface area contributed by atoms with Crippen molar-refractivity contribution < 1.29 is 4.42 Å². The SMILES string of the molecule is CCc1occc1C(NC)c1csc(C)c1. The molecule has 0 saturated heterocycles. The second-order valence-corrected chi connectivity index (χ2v) is 4.98. The van der Waals surface area contributed by atoms with Crippen LogP contribution in [0.2, 0.25) is 0 Å². The Morgan fingerprint density at radius 3 is 2.88 bits per heavy atom. The average molecular weight is 235 g/mol. The number of rotatable bonds is 4. The van der Waals surface area contributed by atoms with Crippen LogP contribution in [0.1, 0.15) is 34.7 Å². The summed E-state index contributed by atoms with van der Waals surface area (Å²) in [6.07, 6.45) is 2.71. The molecule has 86 valence electrons. The summed E-state index contributed by atoms with van der Waals surface area (Å²) in [4.78, 5) is 1.34. The van der Waals surface area contributed by atoms with Gasteiger partial charge in [-0.25, -0.2) is 0 Å². The first-order chi connectivity index (χ1) is 7.76. The van der Waals surface area contributed by atoms with E-state index in [-0.39, 0.29) is 6.04 Å². The maximum absolute atomic E-state index is 5.49. The fourth-order valence-electron chi connectivity index (χ4n) is 2.01. The second-order valence-electron chi connectivity index (χ2n) is 3.87. The van der Waals surface area contributed by atoms with Crippen LogP contribution in [-0.4, -0.2) is 7.05 Å². The van der Waals surface area contributed by atoms with E-state index in [0.717, 1.165) is 12.2 Å². The first-order valence-corrected chi connectivity index (χ1v) is 6.42. The minimum Gasteiger partial charge on any atom is -0.469 e. The topological polar surface area (TPSA) is 25.2 Å². The lowest BCUT2D eigenvalue weighted by molar-refractivity contribution is 0.505. The molecule has 16 heavy (non-hydrogen) atoms. The summed E-state index contributed by atoms with van der Waals surface area (Å²) in [5.41, 5.74) is 2.57. The zero-order valence-corrected chi connectivity index (χ0v) is 10.7. The molecule has 0 bridgehead atoms. The fourth-order valence-corrected chi connectivity index (χ4v) is 2.74. The van der Waals surface area contributed by atoms with Gasteiger partial charge in [-0.1, -0.05) is 6.92 Å². The molecule has 0 aliphatic rings. The van der Waals surface area contributed by atoms with Crippen molar-refractivity contribution in [1.82, 2.24) is 5.32 Å². The van der Waals surface area contributed by atoms with Crippen LogP contribution in [0.4, 0.5) is 0 Å². The molecule has 0 amide bonds. The van der Waals surface area contributed by atoms with Crippen LogP contribution in [0.25, 0.3) is 0 Å². The lowest BCUT2D eigenvalue weighted by Gasteiger charge is -2.14. The summed E-state index contributed by atoms with van der Waals surface area (Å²) < 4.78 is 5.49. The van der Waals surface area contributed by atoms with Crippen molar-refractivity contribution in [2.24, 2.45) is 0 Å². The Morgan fingerprint density at radius 1 is 1.50 bits per heavy atom. The van der Waals surface area contributed by atoms with Crippen LogP contribution < -0.4 is 5.32 Å². The van der Waals surface area contributed by atoms with E-state index >= 15 is 0 Å². The van der Waals surface area contributed by atoms with Crippen LogP contribution in [0.5, 0.6) is 0 Å². The first-order valence-electron chi connectivity index (χ1n) is 5.54. The Labute approximate surface area is 100 Å². The zero-order valence-electron chi connectivity index (χ0n) is 9.91. The summed E-state index contributed by atoms with van der Waals surface area (Å²) in [6, 6.07) is 4.55. The van der Waals surface area contributed by atoms with Gasteiger partial charge in [-0.2, -0.15) is 0 Å². The molecule has 2 aromatic heterocycles. The molecule has 0 spiro atoms. The van der Waals surface area contributed by atoms with E-state index in [9.17, 15) is 0 Å². The Kier molecular flexibility index (Phi) is 3.46. The maximum Gasteiger partial charge on any atom is 0.108 e.